The number of aromatic amines is 1. The van der Waals surface area contributed by atoms with Gasteiger partial charge in [-0.3, -0.25) is 4.18 Å². The molecule has 1 saturated carbocycles. The molecule has 1 fully saturated rings. The number of aromatic nitrogens is 4. The zero-order valence-corrected chi connectivity index (χ0v) is 17.1. The third-order valence-corrected chi connectivity index (χ3v) is 6.28. The van der Waals surface area contributed by atoms with Crippen LogP contribution >= 0.6 is 0 Å². The van der Waals surface area contributed by atoms with Gasteiger partial charge in [0.15, 0.2) is 0 Å². The fourth-order valence-electron chi connectivity index (χ4n) is 4.37. The van der Waals surface area contributed by atoms with Crippen LogP contribution in [0.1, 0.15) is 18.9 Å². The SMILES string of the molecule is NS(=O)(=O)OC[C@@H]1C[C@@H](n2ccc3c(-c4cc5cc(F)ccc5[nH]4)ncnc32)C[C@@H]1O. The number of halogens is 1. The third kappa shape index (κ3) is 3.81. The van der Waals surface area contributed by atoms with Crippen LogP contribution in [0.4, 0.5) is 4.39 Å². The summed E-state index contributed by atoms with van der Waals surface area (Å²) in [7, 11) is -4.06. The number of hydrogen-bond donors (Lipinski definition) is 3. The summed E-state index contributed by atoms with van der Waals surface area (Å²) in [5.74, 6) is -0.663. The number of aliphatic hydroxyl groups is 1. The minimum Gasteiger partial charge on any atom is -0.393 e. The summed E-state index contributed by atoms with van der Waals surface area (Å²) in [5, 5.41) is 16.8. The van der Waals surface area contributed by atoms with Crippen molar-refractivity contribution in [1.82, 2.24) is 19.5 Å². The molecule has 162 valence electrons. The molecule has 3 atom stereocenters. The molecule has 11 heteroatoms. The number of nitrogens with zero attached hydrogens (tertiary/aromatic N) is 3. The molecule has 0 bridgehead atoms. The van der Waals surface area contributed by atoms with E-state index in [1.807, 2.05) is 22.9 Å². The number of benzene rings is 1. The van der Waals surface area contributed by atoms with Crippen molar-refractivity contribution < 1.29 is 22.1 Å². The second kappa shape index (κ2) is 7.38. The Morgan fingerprint density at radius 2 is 2.10 bits per heavy atom. The summed E-state index contributed by atoms with van der Waals surface area (Å²) >= 11 is 0. The maximum absolute atomic E-state index is 13.5. The second-order valence-corrected chi connectivity index (χ2v) is 9.05. The molecule has 5 rings (SSSR count). The molecule has 4 N–H and O–H groups in total. The second-order valence-electron chi connectivity index (χ2n) is 7.83. The average Bonchev–Trinajstić information content (AvgIpc) is 3.41. The minimum absolute atomic E-state index is 0.0823. The van der Waals surface area contributed by atoms with Gasteiger partial charge in [-0.1, -0.05) is 0 Å². The van der Waals surface area contributed by atoms with E-state index in [0.717, 1.165) is 22.0 Å². The standard InChI is InChI=1S/C20H20FN5O4S/c21-13-1-2-16-11(5-13)7-17(25-16)19-15-3-4-26(20(15)24-10-23-19)14-6-12(18(27)8-14)9-30-31(22,28)29/h1-5,7,10,12,14,18,25,27H,6,8-9H2,(H2,22,28,29)/t12-,14+,18-/m0/s1. The zero-order valence-electron chi connectivity index (χ0n) is 16.3. The van der Waals surface area contributed by atoms with Gasteiger partial charge < -0.3 is 14.7 Å². The van der Waals surface area contributed by atoms with Crippen LogP contribution in [0.3, 0.4) is 0 Å². The van der Waals surface area contributed by atoms with E-state index in [1.54, 1.807) is 6.07 Å². The number of aliphatic hydroxyl groups excluding tert-OH is 1. The van der Waals surface area contributed by atoms with Crippen molar-refractivity contribution in [3.63, 3.8) is 0 Å². The lowest BCUT2D eigenvalue weighted by molar-refractivity contribution is 0.100. The van der Waals surface area contributed by atoms with Gasteiger partial charge in [0.25, 0.3) is 0 Å². The molecule has 0 spiro atoms. The number of rotatable bonds is 5. The first kappa shape index (κ1) is 20.1. The maximum Gasteiger partial charge on any atom is 0.333 e. The topological polar surface area (TPSA) is 136 Å². The highest BCUT2D eigenvalue weighted by molar-refractivity contribution is 7.84. The summed E-state index contributed by atoms with van der Waals surface area (Å²) < 4.78 is 42.3. The molecule has 9 nitrogen and oxygen atoms in total. The highest BCUT2D eigenvalue weighted by atomic mass is 32.2. The average molecular weight is 445 g/mol. The summed E-state index contributed by atoms with van der Waals surface area (Å²) in [6.07, 6.45) is 3.59. The molecular weight excluding hydrogens is 425 g/mol. The Kier molecular flexibility index (Phi) is 4.77. The first-order valence-electron chi connectivity index (χ1n) is 9.74. The first-order valence-corrected chi connectivity index (χ1v) is 11.2. The predicted octanol–water partition coefficient (Wildman–Crippen LogP) is 2.25. The van der Waals surface area contributed by atoms with Crippen molar-refractivity contribution in [2.24, 2.45) is 11.1 Å². The fraction of sp³-hybridized carbons (Fsp3) is 0.300. The first-order chi connectivity index (χ1) is 14.8. The number of nitrogens with two attached hydrogens (primary N) is 1. The van der Waals surface area contributed by atoms with E-state index in [9.17, 15) is 17.9 Å². The van der Waals surface area contributed by atoms with E-state index in [1.165, 1.54) is 18.5 Å². The normalized spacial score (nSPS) is 22.0. The molecule has 3 aromatic heterocycles. The fourth-order valence-corrected chi connectivity index (χ4v) is 4.74. The van der Waals surface area contributed by atoms with Gasteiger partial charge in [0.1, 0.15) is 17.8 Å². The van der Waals surface area contributed by atoms with Crippen LogP contribution in [0, 0.1) is 11.7 Å². The predicted molar refractivity (Wildman–Crippen MR) is 112 cm³/mol. The van der Waals surface area contributed by atoms with Gasteiger partial charge in [-0.25, -0.2) is 19.5 Å². The van der Waals surface area contributed by atoms with Crippen LogP contribution in [-0.2, 0) is 14.5 Å². The van der Waals surface area contributed by atoms with E-state index in [0.29, 0.717) is 24.2 Å². The van der Waals surface area contributed by atoms with E-state index in [-0.39, 0.29) is 24.4 Å². The number of hydrogen-bond acceptors (Lipinski definition) is 6. The Hall–Kier alpha value is -2.86. The highest BCUT2D eigenvalue weighted by Gasteiger charge is 2.35. The van der Waals surface area contributed by atoms with Crippen molar-refractivity contribution >= 4 is 32.2 Å². The van der Waals surface area contributed by atoms with Gasteiger partial charge in [0.2, 0.25) is 0 Å². The zero-order chi connectivity index (χ0) is 21.8. The van der Waals surface area contributed by atoms with Crippen molar-refractivity contribution in [1.29, 1.82) is 0 Å². The Morgan fingerprint density at radius 3 is 2.90 bits per heavy atom. The molecular formula is C20H20FN5O4S. The minimum atomic E-state index is -4.06. The lowest BCUT2D eigenvalue weighted by atomic mass is 10.1. The quantitative estimate of drug-likeness (QED) is 0.431. The summed E-state index contributed by atoms with van der Waals surface area (Å²) in [6.45, 7) is -0.165. The maximum atomic E-state index is 13.5. The molecule has 0 aliphatic heterocycles. The van der Waals surface area contributed by atoms with Crippen LogP contribution in [0.15, 0.2) is 42.9 Å². The molecule has 4 aromatic rings. The summed E-state index contributed by atoms with van der Waals surface area (Å²) in [5.41, 5.74) is 2.93. The Morgan fingerprint density at radius 1 is 1.26 bits per heavy atom. The Balaban J connectivity index is 1.47. The van der Waals surface area contributed by atoms with Crippen molar-refractivity contribution in [3.05, 3.63) is 48.7 Å². The van der Waals surface area contributed by atoms with Gasteiger partial charge in [0.05, 0.1) is 24.1 Å². The van der Waals surface area contributed by atoms with Crippen LogP contribution in [0.5, 0.6) is 0 Å². The van der Waals surface area contributed by atoms with Gasteiger partial charge in [-0.2, -0.15) is 8.42 Å². The lowest BCUT2D eigenvalue weighted by Gasteiger charge is -2.14. The Labute approximate surface area is 176 Å². The van der Waals surface area contributed by atoms with Crippen LogP contribution in [-0.4, -0.2) is 45.8 Å². The van der Waals surface area contributed by atoms with Gasteiger partial charge in [-0.05, 0) is 43.2 Å². The highest BCUT2D eigenvalue weighted by Crippen LogP contribution is 2.38. The number of H-pyrrole nitrogens is 1. The smallest absolute Gasteiger partial charge is 0.333 e. The number of nitrogens with one attached hydrogen (secondary N) is 1. The van der Waals surface area contributed by atoms with E-state index in [4.69, 9.17) is 5.14 Å². The van der Waals surface area contributed by atoms with Gasteiger partial charge in [0, 0.05) is 34.4 Å². The van der Waals surface area contributed by atoms with Gasteiger partial charge >= 0.3 is 10.3 Å². The van der Waals surface area contributed by atoms with Crippen molar-refractivity contribution in [3.8, 4) is 11.4 Å². The third-order valence-electron chi connectivity index (χ3n) is 5.82. The van der Waals surface area contributed by atoms with Gasteiger partial charge in [-0.15, -0.1) is 0 Å². The summed E-state index contributed by atoms with van der Waals surface area (Å²) in [6, 6.07) is 8.20. The molecule has 3 heterocycles. The summed E-state index contributed by atoms with van der Waals surface area (Å²) in [4.78, 5) is 12.1. The Bertz CT molecular complexity index is 1380. The van der Waals surface area contributed by atoms with E-state index < -0.39 is 16.4 Å². The molecule has 0 unspecified atom stereocenters. The van der Waals surface area contributed by atoms with Crippen molar-refractivity contribution in [2.45, 2.75) is 25.0 Å². The van der Waals surface area contributed by atoms with Crippen LogP contribution in [0.2, 0.25) is 0 Å². The lowest BCUT2D eigenvalue weighted by Crippen LogP contribution is -2.24. The monoisotopic (exact) mass is 445 g/mol. The van der Waals surface area contributed by atoms with Crippen LogP contribution in [0.25, 0.3) is 33.3 Å². The van der Waals surface area contributed by atoms with Crippen LogP contribution < -0.4 is 5.14 Å². The molecule has 1 aromatic carbocycles. The number of fused-ring (bicyclic) bond motifs is 2. The van der Waals surface area contributed by atoms with Crippen molar-refractivity contribution in [2.75, 3.05) is 6.61 Å². The molecule has 1 aliphatic rings. The van der Waals surface area contributed by atoms with E-state index >= 15 is 0 Å². The molecule has 0 radical (unpaired) electrons. The molecule has 31 heavy (non-hydrogen) atoms. The van der Waals surface area contributed by atoms with E-state index in [2.05, 4.69) is 19.1 Å². The molecule has 0 saturated heterocycles. The molecule has 0 amide bonds. The molecule has 1 aliphatic carbocycles. The largest absolute Gasteiger partial charge is 0.393 e.